The third kappa shape index (κ3) is 4.10. The molecule has 0 radical (unpaired) electrons. The largest absolute Gasteiger partial charge is 0.354 e. The molecule has 1 N–H and O–H groups in total. The van der Waals surface area contributed by atoms with Gasteiger partial charge in [0.25, 0.3) is 0 Å². The monoisotopic (exact) mass is 295 g/mol. The summed E-state index contributed by atoms with van der Waals surface area (Å²) in [7, 11) is 0. The number of anilines is 1. The van der Waals surface area contributed by atoms with Crippen LogP contribution >= 0.6 is 11.6 Å². The van der Waals surface area contributed by atoms with Gasteiger partial charge in [0, 0.05) is 31.4 Å². The summed E-state index contributed by atoms with van der Waals surface area (Å²) in [6.07, 6.45) is 6.97. The molecular formula is C16H26ClN3. The van der Waals surface area contributed by atoms with E-state index in [1.165, 1.54) is 25.7 Å². The van der Waals surface area contributed by atoms with E-state index in [2.05, 4.69) is 42.0 Å². The van der Waals surface area contributed by atoms with Gasteiger partial charge >= 0.3 is 0 Å². The Kier molecular flexibility index (Phi) is 5.67. The highest BCUT2D eigenvalue weighted by molar-refractivity contribution is 6.31. The summed E-state index contributed by atoms with van der Waals surface area (Å²) in [5.74, 6) is 1.07. The first kappa shape index (κ1) is 15.6. The third-order valence-electron chi connectivity index (χ3n) is 3.97. The predicted molar refractivity (Wildman–Crippen MR) is 86.5 cm³/mol. The lowest BCUT2D eigenvalue weighted by Gasteiger charge is -2.28. The van der Waals surface area contributed by atoms with Gasteiger partial charge in [-0.25, -0.2) is 4.98 Å². The molecule has 1 aromatic rings. The minimum atomic E-state index is 0.458. The number of halogens is 1. The van der Waals surface area contributed by atoms with Crippen LogP contribution in [0.25, 0.3) is 0 Å². The van der Waals surface area contributed by atoms with E-state index in [4.69, 9.17) is 11.6 Å². The van der Waals surface area contributed by atoms with Gasteiger partial charge in [-0.1, -0.05) is 38.3 Å². The van der Waals surface area contributed by atoms with E-state index in [9.17, 15) is 0 Å². The van der Waals surface area contributed by atoms with Gasteiger partial charge in [-0.15, -0.1) is 0 Å². The molecule has 1 saturated heterocycles. The van der Waals surface area contributed by atoms with Gasteiger partial charge in [-0.3, -0.25) is 0 Å². The van der Waals surface area contributed by atoms with Crippen molar-refractivity contribution in [2.75, 3.05) is 11.4 Å². The summed E-state index contributed by atoms with van der Waals surface area (Å²) in [6.45, 7) is 8.49. The Morgan fingerprint density at radius 1 is 1.40 bits per heavy atom. The van der Waals surface area contributed by atoms with Crippen LogP contribution in [0.1, 0.15) is 52.0 Å². The van der Waals surface area contributed by atoms with Crippen molar-refractivity contribution in [3.63, 3.8) is 0 Å². The number of pyridine rings is 1. The number of hydrogen-bond donors (Lipinski definition) is 1. The number of aromatic nitrogens is 1. The van der Waals surface area contributed by atoms with Gasteiger partial charge in [0.15, 0.2) is 0 Å². The zero-order chi connectivity index (χ0) is 14.5. The van der Waals surface area contributed by atoms with Crippen LogP contribution in [0, 0.1) is 0 Å². The van der Waals surface area contributed by atoms with E-state index in [1.54, 1.807) is 6.20 Å². The van der Waals surface area contributed by atoms with E-state index in [0.29, 0.717) is 12.1 Å². The zero-order valence-electron chi connectivity index (χ0n) is 12.8. The SMILES string of the molecule is CC(C)NCc1cc(N2CCCCCC2C)ncc1Cl. The Morgan fingerprint density at radius 2 is 2.20 bits per heavy atom. The fraction of sp³-hybridized carbons (Fsp3) is 0.688. The fourth-order valence-corrected chi connectivity index (χ4v) is 2.86. The standard InChI is InChI=1S/C16H26ClN3/c1-12(2)18-10-14-9-16(19-11-15(14)17)20-8-6-4-5-7-13(20)3/h9,11-13,18H,4-8,10H2,1-3H3. The van der Waals surface area contributed by atoms with Gasteiger partial charge in [-0.2, -0.15) is 0 Å². The minimum Gasteiger partial charge on any atom is -0.354 e. The molecule has 1 atom stereocenters. The highest BCUT2D eigenvalue weighted by Gasteiger charge is 2.19. The normalized spacial score (nSPS) is 20.2. The maximum Gasteiger partial charge on any atom is 0.129 e. The highest BCUT2D eigenvalue weighted by Crippen LogP contribution is 2.25. The molecule has 2 rings (SSSR count). The van der Waals surface area contributed by atoms with Crippen LogP contribution in [0.4, 0.5) is 5.82 Å². The summed E-state index contributed by atoms with van der Waals surface area (Å²) < 4.78 is 0. The lowest BCUT2D eigenvalue weighted by molar-refractivity contribution is 0.586. The molecule has 0 amide bonds. The quantitative estimate of drug-likeness (QED) is 0.910. The van der Waals surface area contributed by atoms with Gasteiger partial charge in [0.1, 0.15) is 5.82 Å². The molecule has 1 aliphatic heterocycles. The van der Waals surface area contributed by atoms with E-state index >= 15 is 0 Å². The molecule has 3 nitrogen and oxygen atoms in total. The van der Waals surface area contributed by atoms with Crippen LogP contribution in [0.15, 0.2) is 12.3 Å². The van der Waals surface area contributed by atoms with Crippen molar-refractivity contribution in [3.05, 3.63) is 22.8 Å². The first-order valence-corrected chi connectivity index (χ1v) is 8.10. The molecule has 4 heteroatoms. The van der Waals surface area contributed by atoms with Crippen molar-refractivity contribution in [1.29, 1.82) is 0 Å². The molecule has 0 saturated carbocycles. The molecular weight excluding hydrogens is 270 g/mol. The first-order valence-electron chi connectivity index (χ1n) is 7.72. The van der Waals surface area contributed by atoms with E-state index in [-0.39, 0.29) is 0 Å². The summed E-state index contributed by atoms with van der Waals surface area (Å²) in [6, 6.07) is 3.18. The van der Waals surface area contributed by atoms with Gasteiger partial charge in [-0.05, 0) is 31.4 Å². The maximum atomic E-state index is 6.27. The van der Waals surface area contributed by atoms with Crippen LogP contribution < -0.4 is 10.2 Å². The Labute approximate surface area is 127 Å². The topological polar surface area (TPSA) is 28.2 Å². The summed E-state index contributed by atoms with van der Waals surface area (Å²) in [5, 5.41) is 4.18. The minimum absolute atomic E-state index is 0.458. The summed E-state index contributed by atoms with van der Waals surface area (Å²) >= 11 is 6.27. The molecule has 1 aliphatic rings. The third-order valence-corrected chi connectivity index (χ3v) is 4.31. The van der Waals surface area contributed by atoms with Crippen LogP contribution in [0.3, 0.4) is 0 Å². The Morgan fingerprint density at radius 3 is 2.95 bits per heavy atom. The zero-order valence-corrected chi connectivity index (χ0v) is 13.6. The number of hydrogen-bond acceptors (Lipinski definition) is 3. The predicted octanol–water partition coefficient (Wildman–Crippen LogP) is 4.00. The lowest BCUT2D eigenvalue weighted by atomic mass is 10.1. The second-order valence-electron chi connectivity index (χ2n) is 6.06. The Hall–Kier alpha value is -0.800. The second-order valence-corrected chi connectivity index (χ2v) is 6.47. The molecule has 1 fully saturated rings. The molecule has 20 heavy (non-hydrogen) atoms. The molecule has 0 aromatic carbocycles. The van der Waals surface area contributed by atoms with Crippen LogP contribution in [-0.4, -0.2) is 23.6 Å². The first-order chi connectivity index (χ1) is 9.58. The van der Waals surface area contributed by atoms with E-state index in [0.717, 1.165) is 29.5 Å². The van der Waals surface area contributed by atoms with Crippen molar-refractivity contribution in [2.24, 2.45) is 0 Å². The molecule has 1 aromatic heterocycles. The van der Waals surface area contributed by atoms with Crippen LogP contribution in [0.5, 0.6) is 0 Å². The van der Waals surface area contributed by atoms with E-state index in [1.807, 2.05) is 0 Å². The molecule has 0 spiro atoms. The molecule has 1 unspecified atom stereocenters. The van der Waals surface area contributed by atoms with Crippen molar-refractivity contribution in [1.82, 2.24) is 10.3 Å². The smallest absolute Gasteiger partial charge is 0.129 e. The molecule has 112 valence electrons. The summed E-state index contributed by atoms with van der Waals surface area (Å²) in [4.78, 5) is 6.98. The fourth-order valence-electron chi connectivity index (χ4n) is 2.69. The van der Waals surface area contributed by atoms with Gasteiger partial charge in [0.05, 0.1) is 5.02 Å². The second kappa shape index (κ2) is 7.28. The number of nitrogens with one attached hydrogen (secondary N) is 1. The van der Waals surface area contributed by atoms with Gasteiger partial charge in [0.2, 0.25) is 0 Å². The molecule has 0 bridgehead atoms. The van der Waals surface area contributed by atoms with Crippen molar-refractivity contribution < 1.29 is 0 Å². The highest BCUT2D eigenvalue weighted by atomic mass is 35.5. The summed E-state index contributed by atoms with van der Waals surface area (Å²) in [5.41, 5.74) is 1.14. The average Bonchev–Trinajstić information content (AvgIpc) is 2.62. The lowest BCUT2D eigenvalue weighted by Crippen LogP contribution is -2.33. The van der Waals surface area contributed by atoms with Crippen molar-refractivity contribution in [2.45, 2.75) is 65.1 Å². The molecule has 2 heterocycles. The molecule has 0 aliphatic carbocycles. The van der Waals surface area contributed by atoms with Crippen LogP contribution in [-0.2, 0) is 6.54 Å². The Bertz CT molecular complexity index is 434. The number of nitrogens with zero attached hydrogens (tertiary/aromatic N) is 2. The van der Waals surface area contributed by atoms with Crippen molar-refractivity contribution in [3.8, 4) is 0 Å². The van der Waals surface area contributed by atoms with Crippen molar-refractivity contribution >= 4 is 17.4 Å². The van der Waals surface area contributed by atoms with Crippen LogP contribution in [0.2, 0.25) is 5.02 Å². The average molecular weight is 296 g/mol. The Balaban J connectivity index is 2.16. The maximum absolute atomic E-state index is 6.27. The van der Waals surface area contributed by atoms with E-state index < -0.39 is 0 Å². The number of rotatable bonds is 4. The van der Waals surface area contributed by atoms with Gasteiger partial charge < -0.3 is 10.2 Å².